The number of nitro benzene ring substituents is 1. The molecule has 0 aliphatic carbocycles. The van der Waals surface area contributed by atoms with Gasteiger partial charge in [0.15, 0.2) is 0 Å². The summed E-state index contributed by atoms with van der Waals surface area (Å²) in [5.74, 6) is -1.01. The Bertz CT molecular complexity index is 1000. The van der Waals surface area contributed by atoms with Gasteiger partial charge in [-0.25, -0.2) is 9.37 Å². The van der Waals surface area contributed by atoms with Crippen LogP contribution in [0.5, 0.6) is 0 Å². The molecule has 25 heavy (non-hydrogen) atoms. The fourth-order valence-corrected chi connectivity index (χ4v) is 2.52. The molecule has 0 saturated heterocycles. The number of nitrogens with zero attached hydrogens (tertiary/aromatic N) is 3. The zero-order chi connectivity index (χ0) is 18.1. The first-order valence-corrected chi connectivity index (χ1v) is 7.47. The van der Waals surface area contributed by atoms with Gasteiger partial charge in [-0.05, 0) is 31.2 Å². The summed E-state index contributed by atoms with van der Waals surface area (Å²) >= 11 is 0. The van der Waals surface area contributed by atoms with E-state index in [1.165, 1.54) is 18.9 Å². The smallest absolute Gasteiger partial charge is 0.276 e. The van der Waals surface area contributed by atoms with Gasteiger partial charge in [-0.1, -0.05) is 18.2 Å². The maximum absolute atomic E-state index is 13.9. The van der Waals surface area contributed by atoms with Crippen LogP contribution in [0.4, 0.5) is 15.9 Å². The molecule has 0 spiro atoms. The van der Waals surface area contributed by atoms with Crippen LogP contribution in [0.25, 0.3) is 10.9 Å². The number of carbonyl (C=O) groups is 1. The highest BCUT2D eigenvalue weighted by atomic mass is 19.1. The Morgan fingerprint density at radius 1 is 1.20 bits per heavy atom. The van der Waals surface area contributed by atoms with Gasteiger partial charge in [-0.2, -0.15) is 0 Å². The highest BCUT2D eigenvalue weighted by Crippen LogP contribution is 2.25. The molecular weight excluding hydrogens is 325 g/mol. The summed E-state index contributed by atoms with van der Waals surface area (Å²) in [6.45, 7) is 1.30. The van der Waals surface area contributed by atoms with Crippen LogP contribution in [0, 0.1) is 22.9 Å². The number of hydrogen-bond donors (Lipinski definition) is 0. The van der Waals surface area contributed by atoms with Crippen LogP contribution < -0.4 is 4.90 Å². The molecule has 6 nitrogen and oxygen atoms in total. The summed E-state index contributed by atoms with van der Waals surface area (Å²) < 4.78 is 13.9. The highest BCUT2D eigenvalue weighted by molar-refractivity contribution is 6.06. The van der Waals surface area contributed by atoms with Crippen molar-refractivity contribution in [1.29, 1.82) is 0 Å². The second-order valence-corrected chi connectivity index (χ2v) is 5.59. The molecule has 0 aliphatic rings. The molecule has 0 fully saturated rings. The largest absolute Gasteiger partial charge is 0.296 e. The summed E-state index contributed by atoms with van der Waals surface area (Å²) in [7, 11) is 1.49. The number of nitro groups is 1. The molecule has 0 aliphatic heterocycles. The van der Waals surface area contributed by atoms with Crippen molar-refractivity contribution in [3.8, 4) is 0 Å². The number of amides is 1. The van der Waals surface area contributed by atoms with Gasteiger partial charge in [0, 0.05) is 24.1 Å². The fourth-order valence-electron chi connectivity index (χ4n) is 2.52. The molecule has 126 valence electrons. The van der Waals surface area contributed by atoms with E-state index >= 15 is 0 Å². The Balaban J connectivity index is 2.00. The van der Waals surface area contributed by atoms with Crippen LogP contribution in [0.15, 0.2) is 48.5 Å². The molecule has 1 heterocycles. The van der Waals surface area contributed by atoms with E-state index in [-0.39, 0.29) is 11.1 Å². The van der Waals surface area contributed by atoms with Crippen molar-refractivity contribution >= 4 is 28.3 Å². The van der Waals surface area contributed by atoms with Gasteiger partial charge in [0.2, 0.25) is 0 Å². The van der Waals surface area contributed by atoms with Crippen LogP contribution in [-0.2, 0) is 0 Å². The lowest BCUT2D eigenvalue weighted by atomic mass is 10.1. The first kappa shape index (κ1) is 16.5. The zero-order valence-corrected chi connectivity index (χ0v) is 13.6. The van der Waals surface area contributed by atoms with Crippen molar-refractivity contribution in [2.75, 3.05) is 11.9 Å². The molecule has 0 radical (unpaired) electrons. The van der Waals surface area contributed by atoms with Gasteiger partial charge in [0.25, 0.3) is 11.6 Å². The van der Waals surface area contributed by atoms with Crippen molar-refractivity contribution in [3.63, 3.8) is 0 Å². The van der Waals surface area contributed by atoms with E-state index < -0.39 is 22.3 Å². The van der Waals surface area contributed by atoms with Gasteiger partial charge in [-0.15, -0.1) is 0 Å². The number of carbonyl (C=O) groups excluding carboxylic acids is 1. The first-order chi connectivity index (χ1) is 11.9. The van der Waals surface area contributed by atoms with Crippen LogP contribution >= 0.6 is 0 Å². The lowest BCUT2D eigenvalue weighted by molar-refractivity contribution is -0.385. The van der Waals surface area contributed by atoms with Gasteiger partial charge < -0.3 is 0 Å². The van der Waals surface area contributed by atoms with E-state index in [0.29, 0.717) is 11.3 Å². The molecule has 7 heteroatoms. The van der Waals surface area contributed by atoms with Crippen molar-refractivity contribution in [2.24, 2.45) is 0 Å². The summed E-state index contributed by atoms with van der Waals surface area (Å²) in [6, 6.07) is 13.0. The molecular formula is C18H14FN3O3. The molecule has 3 rings (SSSR count). The number of benzene rings is 2. The van der Waals surface area contributed by atoms with Crippen molar-refractivity contribution in [3.05, 3.63) is 75.6 Å². The Kier molecular flexibility index (Phi) is 4.14. The molecule has 2 aromatic carbocycles. The minimum absolute atomic E-state index is 0.104. The quantitative estimate of drug-likeness (QED) is 0.536. The molecule has 1 aromatic heterocycles. The number of aromatic nitrogens is 1. The number of pyridine rings is 1. The predicted molar refractivity (Wildman–Crippen MR) is 92.3 cm³/mol. The average Bonchev–Trinajstić information content (AvgIpc) is 2.61. The summed E-state index contributed by atoms with van der Waals surface area (Å²) in [5.41, 5.74) is 0.0734. The number of rotatable bonds is 3. The van der Waals surface area contributed by atoms with E-state index in [1.54, 1.807) is 6.07 Å². The Hall–Kier alpha value is -3.35. The van der Waals surface area contributed by atoms with Crippen LogP contribution in [0.3, 0.4) is 0 Å². The number of hydrogen-bond acceptors (Lipinski definition) is 4. The van der Waals surface area contributed by atoms with E-state index in [0.717, 1.165) is 17.5 Å². The van der Waals surface area contributed by atoms with E-state index in [9.17, 15) is 19.3 Å². The number of anilines is 1. The second kappa shape index (κ2) is 6.27. The number of halogens is 1. The predicted octanol–water partition coefficient (Wildman–Crippen LogP) is 3.87. The second-order valence-electron chi connectivity index (χ2n) is 5.59. The third-order valence-corrected chi connectivity index (χ3v) is 3.99. The van der Waals surface area contributed by atoms with Gasteiger partial charge in [0.1, 0.15) is 11.6 Å². The summed E-state index contributed by atoms with van der Waals surface area (Å²) in [4.78, 5) is 28.6. The number of fused-ring (bicyclic) bond motifs is 1. The highest BCUT2D eigenvalue weighted by Gasteiger charge is 2.22. The summed E-state index contributed by atoms with van der Waals surface area (Å²) in [5, 5.41) is 12.0. The Morgan fingerprint density at radius 2 is 1.92 bits per heavy atom. The van der Waals surface area contributed by atoms with Gasteiger partial charge >= 0.3 is 0 Å². The molecule has 0 unspecified atom stereocenters. The van der Waals surface area contributed by atoms with Crippen molar-refractivity contribution in [2.45, 2.75) is 6.92 Å². The van der Waals surface area contributed by atoms with Crippen LogP contribution in [0.2, 0.25) is 0 Å². The Labute approximate surface area is 142 Å². The molecule has 3 aromatic rings. The molecule has 0 atom stereocenters. The van der Waals surface area contributed by atoms with Crippen molar-refractivity contribution in [1.82, 2.24) is 4.98 Å². The molecule has 0 N–H and O–H groups in total. The molecule has 1 amide bonds. The lowest BCUT2D eigenvalue weighted by Crippen LogP contribution is -2.27. The maximum Gasteiger partial charge on any atom is 0.276 e. The van der Waals surface area contributed by atoms with Gasteiger partial charge in [0.05, 0.1) is 16.0 Å². The standard InChI is InChI=1S/C18H14FN3O3/c1-11-14(19)9-13(10-16(11)22(24)25)18(23)21(2)17-8-7-12-5-3-4-6-15(12)20-17/h3-10H,1-2H3. The van der Waals surface area contributed by atoms with Crippen LogP contribution in [-0.4, -0.2) is 22.9 Å². The minimum atomic E-state index is -0.794. The monoisotopic (exact) mass is 339 g/mol. The third kappa shape index (κ3) is 3.03. The topological polar surface area (TPSA) is 76.3 Å². The minimum Gasteiger partial charge on any atom is -0.296 e. The van der Waals surface area contributed by atoms with E-state index in [2.05, 4.69) is 4.98 Å². The zero-order valence-electron chi connectivity index (χ0n) is 13.6. The van der Waals surface area contributed by atoms with Gasteiger partial charge in [-0.3, -0.25) is 19.8 Å². The Morgan fingerprint density at radius 3 is 2.64 bits per heavy atom. The van der Waals surface area contributed by atoms with Crippen molar-refractivity contribution < 1.29 is 14.1 Å². The van der Waals surface area contributed by atoms with E-state index in [1.807, 2.05) is 30.3 Å². The lowest BCUT2D eigenvalue weighted by Gasteiger charge is -2.17. The van der Waals surface area contributed by atoms with Crippen LogP contribution in [0.1, 0.15) is 15.9 Å². The first-order valence-electron chi connectivity index (χ1n) is 7.47. The molecule has 0 bridgehead atoms. The summed E-state index contributed by atoms with van der Waals surface area (Å²) in [6.07, 6.45) is 0. The molecule has 0 saturated carbocycles. The number of para-hydroxylation sites is 1. The van der Waals surface area contributed by atoms with E-state index in [4.69, 9.17) is 0 Å². The maximum atomic E-state index is 13.9. The SMILES string of the molecule is Cc1c(F)cc(C(=O)N(C)c2ccc3ccccc3n2)cc1[N+](=O)[O-]. The average molecular weight is 339 g/mol. The third-order valence-electron chi connectivity index (χ3n) is 3.99. The fraction of sp³-hybridized carbons (Fsp3) is 0.111. The normalized spacial score (nSPS) is 10.7.